The molecule has 0 aromatic heterocycles. The normalized spacial score (nSPS) is 23.7. The van der Waals surface area contributed by atoms with Gasteiger partial charge in [0.15, 0.2) is 11.4 Å². The van der Waals surface area contributed by atoms with Crippen LogP contribution in [0.15, 0.2) is 23.5 Å². The summed E-state index contributed by atoms with van der Waals surface area (Å²) in [5.74, 6) is -6.04. The second-order valence-electron chi connectivity index (χ2n) is 10.5. The molecule has 0 saturated carbocycles. The lowest BCUT2D eigenvalue weighted by molar-refractivity contribution is -0.132. The van der Waals surface area contributed by atoms with E-state index in [0.717, 1.165) is 0 Å². The minimum Gasteiger partial charge on any atom is -0.508 e. The molecule has 1 amide bonds. The Hall–Kier alpha value is -3.47. The summed E-state index contributed by atoms with van der Waals surface area (Å²) in [6.45, 7) is 4.12. The van der Waals surface area contributed by atoms with Crippen molar-refractivity contribution in [2.45, 2.75) is 44.9 Å². The first-order valence-corrected chi connectivity index (χ1v) is 12.0. The highest BCUT2D eigenvalue weighted by Crippen LogP contribution is 2.50. The lowest BCUT2D eigenvalue weighted by Gasteiger charge is -2.47. The largest absolute Gasteiger partial charge is 0.508 e. The van der Waals surface area contributed by atoms with Crippen molar-refractivity contribution in [1.29, 1.82) is 0 Å². The van der Waals surface area contributed by atoms with E-state index in [9.17, 15) is 34.8 Å². The van der Waals surface area contributed by atoms with Gasteiger partial charge < -0.3 is 30.9 Å². The molecule has 2 aliphatic rings. The van der Waals surface area contributed by atoms with Gasteiger partial charge in [-0.3, -0.25) is 19.3 Å². The van der Waals surface area contributed by atoms with Crippen LogP contribution in [0.25, 0.3) is 10.8 Å². The van der Waals surface area contributed by atoms with Crippen molar-refractivity contribution in [3.8, 4) is 11.5 Å². The van der Waals surface area contributed by atoms with Gasteiger partial charge in [0, 0.05) is 13.0 Å². The number of amides is 1. The number of methoxy groups -OCH3 is 1. The van der Waals surface area contributed by atoms with Gasteiger partial charge >= 0.3 is 0 Å². The van der Waals surface area contributed by atoms with E-state index in [0.29, 0.717) is 28.5 Å². The van der Waals surface area contributed by atoms with Crippen molar-refractivity contribution in [3.63, 3.8) is 0 Å². The van der Waals surface area contributed by atoms with Gasteiger partial charge in [-0.15, -0.1) is 0 Å². The summed E-state index contributed by atoms with van der Waals surface area (Å²) >= 11 is 0. The van der Waals surface area contributed by atoms with Gasteiger partial charge in [0.1, 0.15) is 22.8 Å². The van der Waals surface area contributed by atoms with E-state index >= 15 is 0 Å². The van der Waals surface area contributed by atoms with Crippen LogP contribution in [0.4, 0.5) is 0 Å². The maximum Gasteiger partial charge on any atom is 0.255 e. The summed E-state index contributed by atoms with van der Waals surface area (Å²) in [7, 11) is 4.61. The Labute approximate surface area is 213 Å². The van der Waals surface area contributed by atoms with Gasteiger partial charge in [-0.1, -0.05) is 13.8 Å². The zero-order valence-electron chi connectivity index (χ0n) is 21.5. The second kappa shape index (κ2) is 9.13. The van der Waals surface area contributed by atoms with Crippen LogP contribution in [-0.2, 0) is 33.8 Å². The molecular weight excluding hydrogens is 480 g/mol. The average Bonchev–Trinajstić information content (AvgIpc) is 2.78. The van der Waals surface area contributed by atoms with E-state index in [2.05, 4.69) is 0 Å². The van der Waals surface area contributed by atoms with Gasteiger partial charge in [-0.2, -0.15) is 0 Å². The van der Waals surface area contributed by atoms with Gasteiger partial charge in [-0.25, -0.2) is 0 Å². The van der Waals surface area contributed by atoms with Crippen LogP contribution in [0.2, 0.25) is 0 Å². The number of phenols is 2. The number of hydrogen-bond donors (Lipinski definition) is 5. The van der Waals surface area contributed by atoms with Crippen molar-refractivity contribution in [2.75, 3.05) is 21.2 Å². The number of Topliss-reactive ketones (excluding diaryl/α,β-unsaturated/α-hetero) is 2. The molecule has 0 aliphatic heterocycles. The monoisotopic (exact) mass is 512 g/mol. The Morgan fingerprint density at radius 1 is 1.16 bits per heavy atom. The van der Waals surface area contributed by atoms with Crippen molar-refractivity contribution < 1.29 is 39.5 Å². The second-order valence-corrected chi connectivity index (χ2v) is 10.5. The lowest BCUT2D eigenvalue weighted by Crippen LogP contribution is -2.64. The van der Waals surface area contributed by atoms with E-state index < -0.39 is 52.1 Å². The number of nitrogens with zero attached hydrogens (tertiary/aromatic N) is 1. The number of primary amides is 1. The van der Waals surface area contributed by atoms with E-state index in [1.807, 2.05) is 13.8 Å². The zero-order chi connectivity index (χ0) is 27.6. The molecule has 2 aromatic rings. The molecule has 0 saturated heterocycles. The Kier molecular flexibility index (Phi) is 6.56. The number of aliphatic hydroxyl groups excluding tert-OH is 1. The molecule has 10 heteroatoms. The SMILES string of the molecule is COCc1cc(CC(C)C)c(O)c2c(O)c3c(cc12)C[C@H]1[C@H](N(C)C)C(=O)C(C(N)=O)=C(O)[C@@]1(O)C3=O. The van der Waals surface area contributed by atoms with E-state index in [1.165, 1.54) is 12.0 Å². The maximum absolute atomic E-state index is 13.9. The summed E-state index contributed by atoms with van der Waals surface area (Å²) in [5.41, 5.74) is 3.07. The molecule has 0 heterocycles. The molecule has 37 heavy (non-hydrogen) atoms. The van der Waals surface area contributed by atoms with Crippen molar-refractivity contribution in [2.24, 2.45) is 17.6 Å². The quantitative estimate of drug-likeness (QED) is 0.360. The molecule has 2 aliphatic carbocycles. The molecule has 0 radical (unpaired) electrons. The number of carbonyl (C=O) groups is 3. The number of ketones is 2. The molecule has 6 N–H and O–H groups in total. The van der Waals surface area contributed by atoms with Crippen LogP contribution in [0.5, 0.6) is 11.5 Å². The molecule has 0 spiro atoms. The Morgan fingerprint density at radius 2 is 1.81 bits per heavy atom. The first-order chi connectivity index (χ1) is 17.3. The number of fused-ring (bicyclic) bond motifs is 3. The lowest BCUT2D eigenvalue weighted by atomic mass is 9.62. The number of hydrogen-bond acceptors (Lipinski definition) is 9. The molecular formula is C27H32N2O8. The molecule has 2 aromatic carbocycles. The minimum absolute atomic E-state index is 0.0222. The molecule has 3 atom stereocenters. The third-order valence-corrected chi connectivity index (χ3v) is 7.39. The summed E-state index contributed by atoms with van der Waals surface area (Å²) in [5, 5.41) is 45.6. The minimum atomic E-state index is -2.69. The fraction of sp³-hybridized carbons (Fsp3) is 0.444. The smallest absolute Gasteiger partial charge is 0.255 e. The number of likely N-dealkylation sites (N-methyl/N-ethyl adjacent to an activating group) is 1. The van der Waals surface area contributed by atoms with Crippen LogP contribution < -0.4 is 5.73 Å². The Balaban J connectivity index is 2.07. The number of phenolic OH excluding ortho intramolecular Hbond substituents is 2. The summed E-state index contributed by atoms with van der Waals surface area (Å²) in [6, 6.07) is 2.28. The van der Waals surface area contributed by atoms with E-state index in [-0.39, 0.29) is 35.6 Å². The molecule has 4 rings (SSSR count). The van der Waals surface area contributed by atoms with Crippen LogP contribution >= 0.6 is 0 Å². The van der Waals surface area contributed by atoms with Crippen molar-refractivity contribution in [3.05, 3.63) is 45.7 Å². The van der Waals surface area contributed by atoms with Gasteiger partial charge in [0.2, 0.25) is 5.78 Å². The highest BCUT2D eigenvalue weighted by molar-refractivity contribution is 6.25. The van der Waals surface area contributed by atoms with E-state index in [1.54, 1.807) is 26.2 Å². The van der Waals surface area contributed by atoms with E-state index in [4.69, 9.17) is 10.5 Å². The highest BCUT2D eigenvalue weighted by atomic mass is 16.5. The number of carbonyl (C=O) groups excluding carboxylic acids is 3. The van der Waals surface area contributed by atoms with Crippen molar-refractivity contribution in [1.82, 2.24) is 4.90 Å². The number of benzene rings is 2. The fourth-order valence-electron chi connectivity index (χ4n) is 5.86. The van der Waals surface area contributed by atoms with Crippen LogP contribution in [-0.4, -0.2) is 75.6 Å². The van der Waals surface area contributed by atoms with Crippen LogP contribution in [0.1, 0.15) is 40.9 Å². The van der Waals surface area contributed by atoms with Gasteiger partial charge in [0.25, 0.3) is 5.91 Å². The summed E-state index contributed by atoms with van der Waals surface area (Å²) < 4.78 is 5.35. The molecule has 0 unspecified atom stereocenters. The number of nitrogens with two attached hydrogens (primary N) is 1. The molecule has 0 fully saturated rings. The average molecular weight is 513 g/mol. The third-order valence-electron chi connectivity index (χ3n) is 7.39. The van der Waals surface area contributed by atoms with Crippen LogP contribution in [0.3, 0.4) is 0 Å². The van der Waals surface area contributed by atoms with Crippen molar-refractivity contribution >= 4 is 28.2 Å². The highest BCUT2D eigenvalue weighted by Gasteiger charge is 2.62. The first kappa shape index (κ1) is 26.6. The predicted octanol–water partition coefficient (Wildman–Crippen LogP) is 1.49. The zero-order valence-corrected chi connectivity index (χ0v) is 21.5. The first-order valence-electron chi connectivity index (χ1n) is 12.0. The number of aliphatic hydroxyl groups is 2. The molecule has 198 valence electrons. The number of aromatic hydroxyl groups is 2. The van der Waals surface area contributed by atoms with Crippen LogP contribution in [0, 0.1) is 11.8 Å². The number of ether oxygens (including phenoxy) is 1. The molecule has 0 bridgehead atoms. The fourth-order valence-corrected chi connectivity index (χ4v) is 5.86. The van der Waals surface area contributed by atoms with Gasteiger partial charge in [0.05, 0.1) is 23.6 Å². The maximum atomic E-state index is 13.9. The van der Waals surface area contributed by atoms with Gasteiger partial charge in [-0.05, 0) is 67.1 Å². The summed E-state index contributed by atoms with van der Waals surface area (Å²) in [6.07, 6.45) is 0.403. The standard InChI is InChI=1S/C27H32N2O8/c1-11(2)6-13-7-14(10-37-5)15-8-12-9-16-20(29(3)4)23(32)19(26(28)35)25(34)27(16,36)24(33)17(12)22(31)18(15)21(13)30/h7-8,11,16,20,30-31,34,36H,6,9-10H2,1-5H3,(H2,28,35)/t16-,20-,27-/m0/s1. The number of rotatable bonds is 6. The Morgan fingerprint density at radius 3 is 2.35 bits per heavy atom. The predicted molar refractivity (Wildman–Crippen MR) is 134 cm³/mol. The summed E-state index contributed by atoms with van der Waals surface area (Å²) in [4.78, 5) is 40.5. The third kappa shape index (κ3) is 3.78. The Bertz CT molecular complexity index is 1380. The molecule has 10 nitrogen and oxygen atoms in total. The topological polar surface area (TPSA) is 171 Å².